The fourth-order valence-corrected chi connectivity index (χ4v) is 3.87. The van der Waals surface area contributed by atoms with Gasteiger partial charge in [-0.25, -0.2) is 4.79 Å². The van der Waals surface area contributed by atoms with E-state index in [0.29, 0.717) is 17.1 Å². The number of allylic oxidation sites excluding steroid dienone is 1. The Kier molecular flexibility index (Phi) is 8.09. The summed E-state index contributed by atoms with van der Waals surface area (Å²) in [5.74, 6) is -4.04. The second kappa shape index (κ2) is 10.8. The van der Waals surface area contributed by atoms with Gasteiger partial charge in [-0.3, -0.25) is 4.79 Å². The maximum atomic E-state index is 12.7. The lowest BCUT2D eigenvalue weighted by Crippen LogP contribution is -2.46. The molecule has 0 N–H and O–H groups in total. The summed E-state index contributed by atoms with van der Waals surface area (Å²) in [4.78, 5) is 24.4. The molecule has 0 radical (unpaired) electrons. The van der Waals surface area contributed by atoms with E-state index in [0.717, 1.165) is 12.2 Å². The van der Waals surface area contributed by atoms with E-state index in [1.54, 1.807) is 42.5 Å². The van der Waals surface area contributed by atoms with E-state index < -0.39 is 53.7 Å². The number of carbonyl (C=O) groups is 2. The summed E-state index contributed by atoms with van der Waals surface area (Å²) in [5.41, 5.74) is -0.783. The third kappa shape index (κ3) is 6.85. The zero-order valence-electron chi connectivity index (χ0n) is 19.9. The quantitative estimate of drug-likeness (QED) is 0.217. The van der Waals surface area contributed by atoms with Gasteiger partial charge in [0, 0.05) is 11.6 Å². The smallest absolute Gasteiger partial charge is 0.434 e. The van der Waals surface area contributed by atoms with Crippen molar-refractivity contribution >= 4 is 11.9 Å². The predicted octanol–water partition coefficient (Wildman–Crippen LogP) is 6.45. The molecule has 0 aliphatic heterocycles. The van der Waals surface area contributed by atoms with E-state index in [-0.39, 0.29) is 0 Å². The molecular formula is C26H21F6NO5. The van der Waals surface area contributed by atoms with Gasteiger partial charge in [-0.15, -0.1) is 0 Å². The topological polar surface area (TPSA) is 85.6 Å². The van der Waals surface area contributed by atoms with Crippen molar-refractivity contribution < 1.29 is 50.1 Å². The number of hydrogen-bond donors (Lipinski definition) is 0. The molecule has 2 aromatic carbocycles. The summed E-state index contributed by atoms with van der Waals surface area (Å²) >= 11 is 0. The molecular weight excluding hydrogens is 520 g/mol. The number of nitriles is 1. The van der Waals surface area contributed by atoms with Crippen molar-refractivity contribution in [3.8, 4) is 17.6 Å². The van der Waals surface area contributed by atoms with Crippen LogP contribution in [0.25, 0.3) is 0 Å². The molecule has 0 heterocycles. The molecule has 2 aromatic rings. The lowest BCUT2D eigenvalue weighted by molar-refractivity contribution is -0.314. The van der Waals surface area contributed by atoms with Crippen LogP contribution >= 0.6 is 0 Å². The Morgan fingerprint density at radius 2 is 1.55 bits per heavy atom. The second-order valence-corrected chi connectivity index (χ2v) is 9.02. The number of hydrogen-bond acceptors (Lipinski definition) is 6. The summed E-state index contributed by atoms with van der Waals surface area (Å²) in [5, 5.41) is 9.47. The van der Waals surface area contributed by atoms with Crippen LogP contribution in [0.5, 0.6) is 11.5 Å². The molecule has 1 fully saturated rings. The molecule has 1 aliphatic carbocycles. The number of carbonyl (C=O) groups excluding carboxylic acids is 2. The molecule has 202 valence electrons. The van der Waals surface area contributed by atoms with Crippen molar-refractivity contribution in [3.63, 3.8) is 0 Å². The van der Waals surface area contributed by atoms with Crippen LogP contribution in [0.2, 0.25) is 0 Å². The average molecular weight is 541 g/mol. The number of halogens is 6. The first-order valence-electron chi connectivity index (χ1n) is 11.1. The van der Waals surface area contributed by atoms with Crippen molar-refractivity contribution in [1.82, 2.24) is 0 Å². The number of ether oxygens (including phenoxy) is 3. The SMILES string of the molecule is CC1(C)C(/C=C/C(=O)OC(C#N)c2cccc(Oc3ccccc3)c2)C1C(=O)OC(C(F)(F)F)C(F)(F)F. The summed E-state index contributed by atoms with van der Waals surface area (Å²) in [6, 6.07) is 16.8. The molecule has 0 amide bonds. The summed E-state index contributed by atoms with van der Waals surface area (Å²) in [6.45, 7) is 2.84. The second-order valence-electron chi connectivity index (χ2n) is 9.02. The zero-order chi connectivity index (χ0) is 28.3. The maximum absolute atomic E-state index is 12.7. The predicted molar refractivity (Wildman–Crippen MR) is 119 cm³/mol. The number of nitrogens with zero attached hydrogens (tertiary/aromatic N) is 1. The maximum Gasteiger partial charge on any atom is 0.434 e. The minimum absolute atomic E-state index is 0.293. The Labute approximate surface area is 213 Å². The van der Waals surface area contributed by atoms with E-state index >= 15 is 0 Å². The lowest BCUT2D eigenvalue weighted by Gasteiger charge is -2.23. The zero-order valence-corrected chi connectivity index (χ0v) is 19.9. The molecule has 6 nitrogen and oxygen atoms in total. The Balaban J connectivity index is 1.64. The minimum Gasteiger partial charge on any atom is -0.457 e. The van der Waals surface area contributed by atoms with Crippen LogP contribution in [0.3, 0.4) is 0 Å². The van der Waals surface area contributed by atoms with E-state index in [1.807, 2.05) is 6.07 Å². The first-order chi connectivity index (χ1) is 17.6. The Bertz CT molecular complexity index is 1220. The van der Waals surface area contributed by atoms with Crippen LogP contribution < -0.4 is 4.74 Å². The molecule has 3 atom stereocenters. The van der Waals surface area contributed by atoms with E-state index in [4.69, 9.17) is 9.47 Å². The van der Waals surface area contributed by atoms with Crippen molar-refractivity contribution in [3.05, 3.63) is 72.3 Å². The Morgan fingerprint density at radius 1 is 0.947 bits per heavy atom. The largest absolute Gasteiger partial charge is 0.457 e. The fourth-order valence-electron chi connectivity index (χ4n) is 3.87. The van der Waals surface area contributed by atoms with Crippen molar-refractivity contribution in [2.24, 2.45) is 17.3 Å². The van der Waals surface area contributed by atoms with Crippen molar-refractivity contribution in [1.29, 1.82) is 5.26 Å². The van der Waals surface area contributed by atoms with Crippen LogP contribution in [0.4, 0.5) is 26.3 Å². The molecule has 3 rings (SSSR count). The monoisotopic (exact) mass is 541 g/mol. The molecule has 3 unspecified atom stereocenters. The van der Waals surface area contributed by atoms with E-state index in [9.17, 15) is 41.2 Å². The molecule has 1 aliphatic rings. The normalized spacial score (nSPS) is 19.5. The summed E-state index contributed by atoms with van der Waals surface area (Å²) in [6.07, 6.45) is -15.3. The van der Waals surface area contributed by atoms with Crippen LogP contribution in [0, 0.1) is 28.6 Å². The highest BCUT2D eigenvalue weighted by molar-refractivity contribution is 5.84. The van der Waals surface area contributed by atoms with Gasteiger partial charge in [0.2, 0.25) is 6.10 Å². The number of rotatable bonds is 8. The third-order valence-corrected chi connectivity index (χ3v) is 5.92. The van der Waals surface area contributed by atoms with Crippen molar-refractivity contribution in [2.75, 3.05) is 0 Å². The minimum atomic E-state index is -5.84. The van der Waals surface area contributed by atoms with Gasteiger partial charge < -0.3 is 14.2 Å². The third-order valence-electron chi connectivity index (χ3n) is 5.92. The van der Waals surface area contributed by atoms with Crippen LogP contribution in [0.15, 0.2) is 66.7 Å². The summed E-state index contributed by atoms with van der Waals surface area (Å²) in [7, 11) is 0. The lowest BCUT2D eigenvalue weighted by atomic mass is 10.1. The van der Waals surface area contributed by atoms with Gasteiger partial charge in [-0.05, 0) is 35.6 Å². The average Bonchev–Trinajstić information content (AvgIpc) is 3.39. The van der Waals surface area contributed by atoms with Crippen LogP contribution in [0.1, 0.15) is 25.5 Å². The van der Waals surface area contributed by atoms with Gasteiger partial charge >= 0.3 is 24.3 Å². The van der Waals surface area contributed by atoms with Gasteiger partial charge in [0.15, 0.2) is 0 Å². The molecule has 38 heavy (non-hydrogen) atoms. The first kappa shape index (κ1) is 28.6. The molecule has 12 heteroatoms. The summed E-state index contributed by atoms with van der Waals surface area (Å²) < 4.78 is 90.9. The molecule has 0 aromatic heterocycles. The Morgan fingerprint density at radius 3 is 2.13 bits per heavy atom. The van der Waals surface area contributed by atoms with Crippen molar-refractivity contribution in [2.45, 2.75) is 38.4 Å². The van der Waals surface area contributed by atoms with Gasteiger partial charge in [-0.1, -0.05) is 50.3 Å². The van der Waals surface area contributed by atoms with E-state index in [2.05, 4.69) is 4.74 Å². The van der Waals surface area contributed by atoms with Crippen LogP contribution in [-0.2, 0) is 19.1 Å². The standard InChI is InChI=1S/C26H21F6NO5/c1-24(2)18(21(24)22(35)38-23(25(27,28)29)26(30,31)32)11-12-20(34)37-19(14-33)15-7-6-10-17(13-15)36-16-8-4-3-5-9-16/h3-13,18-19,21,23H,1-2H3/b12-11+. The molecule has 1 saturated carbocycles. The molecule has 0 bridgehead atoms. The van der Waals surface area contributed by atoms with Gasteiger partial charge in [0.25, 0.3) is 6.10 Å². The highest BCUT2D eigenvalue weighted by Gasteiger charge is 2.65. The van der Waals surface area contributed by atoms with E-state index in [1.165, 1.54) is 26.0 Å². The highest BCUT2D eigenvalue weighted by atomic mass is 19.4. The highest BCUT2D eigenvalue weighted by Crippen LogP contribution is 2.60. The molecule has 0 saturated heterocycles. The first-order valence-corrected chi connectivity index (χ1v) is 11.1. The Hall–Kier alpha value is -4.01. The number of para-hydroxylation sites is 1. The van der Waals surface area contributed by atoms with Gasteiger partial charge in [-0.2, -0.15) is 31.6 Å². The van der Waals surface area contributed by atoms with Gasteiger partial charge in [0.05, 0.1) is 5.92 Å². The van der Waals surface area contributed by atoms with Gasteiger partial charge in [0.1, 0.15) is 17.6 Å². The fraction of sp³-hybridized carbons (Fsp3) is 0.346. The number of benzene rings is 2. The van der Waals surface area contributed by atoms with Crippen LogP contribution in [-0.4, -0.2) is 30.4 Å². The number of esters is 2. The number of alkyl halides is 6. The molecule has 0 spiro atoms.